The van der Waals surface area contributed by atoms with Gasteiger partial charge < -0.3 is 4.42 Å². The molecule has 0 aliphatic carbocycles. The zero-order valence-corrected chi connectivity index (χ0v) is 17.4. The van der Waals surface area contributed by atoms with Gasteiger partial charge in [-0.15, -0.1) is 0 Å². The summed E-state index contributed by atoms with van der Waals surface area (Å²) >= 11 is 0. The first-order valence-corrected chi connectivity index (χ1v) is 9.80. The molecule has 32 heavy (non-hydrogen) atoms. The van der Waals surface area contributed by atoms with Crippen molar-refractivity contribution in [2.75, 3.05) is 7.05 Å². The Morgan fingerprint density at radius 3 is 2.22 bits per heavy atom. The number of nitriles is 1. The molecule has 2 aromatic carbocycles. The summed E-state index contributed by atoms with van der Waals surface area (Å²) in [4.78, 5) is 25.5. The highest BCUT2D eigenvalue weighted by atomic mass is 16.3. The fraction of sp³-hybridized carbons (Fsp3) is 0.0800. The van der Waals surface area contributed by atoms with Gasteiger partial charge in [-0.25, -0.2) is 0 Å². The minimum atomic E-state index is -0.600. The molecule has 1 aliphatic rings. The predicted octanol–water partition coefficient (Wildman–Crippen LogP) is 5.58. The summed E-state index contributed by atoms with van der Waals surface area (Å²) in [7, 11) is 1.35. The van der Waals surface area contributed by atoms with Crippen LogP contribution in [0.15, 0.2) is 98.1 Å². The summed E-state index contributed by atoms with van der Waals surface area (Å²) in [6.45, 7) is 1.58. The van der Waals surface area contributed by atoms with E-state index in [0.717, 1.165) is 16.2 Å². The standard InChI is InChI=1S/C25H18N4O3/c1-16-21(24(30)29(2)25(31)22(16)15-26)14-20-12-13-23(32-20)17-8-10-19(11-9-17)28-27-18-6-4-3-5-7-18/h3-14H,1-2H3/b21-14+,28-27?. The lowest BCUT2D eigenvalue weighted by Crippen LogP contribution is -2.39. The number of nitrogens with zero attached hydrogens (tertiary/aromatic N) is 4. The van der Waals surface area contributed by atoms with Crippen LogP contribution in [0.3, 0.4) is 0 Å². The van der Waals surface area contributed by atoms with Gasteiger partial charge in [0.2, 0.25) is 0 Å². The number of imide groups is 1. The molecule has 7 heteroatoms. The fourth-order valence-corrected chi connectivity index (χ4v) is 3.23. The van der Waals surface area contributed by atoms with Crippen LogP contribution >= 0.6 is 0 Å². The van der Waals surface area contributed by atoms with Crippen LogP contribution in [0.5, 0.6) is 0 Å². The van der Waals surface area contributed by atoms with Gasteiger partial charge in [-0.3, -0.25) is 14.5 Å². The molecule has 0 atom stereocenters. The molecule has 0 saturated carbocycles. The third-order valence-corrected chi connectivity index (χ3v) is 5.05. The van der Waals surface area contributed by atoms with E-state index in [0.29, 0.717) is 22.8 Å². The first-order chi connectivity index (χ1) is 15.5. The zero-order valence-electron chi connectivity index (χ0n) is 17.4. The van der Waals surface area contributed by atoms with E-state index in [9.17, 15) is 14.9 Å². The van der Waals surface area contributed by atoms with Crippen LogP contribution < -0.4 is 0 Å². The minimum Gasteiger partial charge on any atom is -0.457 e. The molecular formula is C25H18N4O3. The number of hydrogen-bond donors (Lipinski definition) is 0. The largest absolute Gasteiger partial charge is 0.457 e. The van der Waals surface area contributed by atoms with Crippen molar-refractivity contribution in [3.63, 3.8) is 0 Å². The van der Waals surface area contributed by atoms with Crippen LogP contribution in [0.1, 0.15) is 12.7 Å². The summed E-state index contributed by atoms with van der Waals surface area (Å²) in [5, 5.41) is 17.7. The Kier molecular flexibility index (Phi) is 5.60. The average molecular weight is 422 g/mol. The monoisotopic (exact) mass is 422 g/mol. The fourth-order valence-electron chi connectivity index (χ4n) is 3.23. The van der Waals surface area contributed by atoms with E-state index in [2.05, 4.69) is 10.2 Å². The second-order valence-corrected chi connectivity index (χ2v) is 7.12. The number of amides is 2. The number of carbonyl (C=O) groups excluding carboxylic acids is 2. The lowest BCUT2D eigenvalue weighted by molar-refractivity contribution is -0.138. The van der Waals surface area contributed by atoms with Crippen molar-refractivity contribution in [1.82, 2.24) is 4.90 Å². The SMILES string of the molecule is CC1=C(C#N)C(=O)N(C)C(=O)/C1=C/c1ccc(-c2ccc(N=Nc3ccccc3)cc2)o1. The normalized spacial score (nSPS) is 15.7. The highest BCUT2D eigenvalue weighted by Crippen LogP contribution is 2.29. The number of azo groups is 1. The quantitative estimate of drug-likeness (QED) is 0.311. The summed E-state index contributed by atoms with van der Waals surface area (Å²) in [6.07, 6.45) is 1.55. The van der Waals surface area contributed by atoms with Crippen molar-refractivity contribution >= 4 is 29.3 Å². The maximum absolute atomic E-state index is 12.5. The molecule has 2 amide bonds. The minimum absolute atomic E-state index is 0.0506. The molecule has 7 nitrogen and oxygen atoms in total. The molecular weight excluding hydrogens is 404 g/mol. The van der Waals surface area contributed by atoms with Gasteiger partial charge in [-0.2, -0.15) is 15.5 Å². The van der Waals surface area contributed by atoms with Crippen LogP contribution in [0.25, 0.3) is 17.4 Å². The summed E-state index contributed by atoms with van der Waals surface area (Å²) < 4.78 is 5.88. The van der Waals surface area contributed by atoms with Crippen molar-refractivity contribution in [3.05, 3.63) is 89.2 Å². The third-order valence-electron chi connectivity index (χ3n) is 5.05. The van der Waals surface area contributed by atoms with E-state index in [-0.39, 0.29) is 11.1 Å². The van der Waals surface area contributed by atoms with Crippen molar-refractivity contribution < 1.29 is 14.0 Å². The van der Waals surface area contributed by atoms with Crippen LogP contribution in [-0.4, -0.2) is 23.8 Å². The van der Waals surface area contributed by atoms with Crippen molar-refractivity contribution in [3.8, 4) is 17.4 Å². The van der Waals surface area contributed by atoms with Gasteiger partial charge in [0.25, 0.3) is 11.8 Å². The van der Waals surface area contributed by atoms with Crippen LogP contribution in [-0.2, 0) is 9.59 Å². The van der Waals surface area contributed by atoms with Gasteiger partial charge >= 0.3 is 0 Å². The number of rotatable bonds is 4. The lowest BCUT2D eigenvalue weighted by atomic mass is 9.95. The Balaban J connectivity index is 1.57. The number of furan rings is 1. The Labute approximate surface area is 184 Å². The van der Waals surface area contributed by atoms with Crippen molar-refractivity contribution in [2.24, 2.45) is 10.2 Å². The van der Waals surface area contributed by atoms with Crippen LogP contribution in [0.2, 0.25) is 0 Å². The molecule has 1 aliphatic heterocycles. The highest BCUT2D eigenvalue weighted by Gasteiger charge is 2.33. The van der Waals surface area contributed by atoms with Crippen molar-refractivity contribution in [2.45, 2.75) is 6.92 Å². The topological polar surface area (TPSA) is 99.0 Å². The first-order valence-electron chi connectivity index (χ1n) is 9.80. The van der Waals surface area contributed by atoms with E-state index in [1.54, 1.807) is 25.1 Å². The molecule has 3 aromatic rings. The second-order valence-electron chi connectivity index (χ2n) is 7.12. The molecule has 156 valence electrons. The molecule has 0 saturated heterocycles. The summed E-state index contributed by atoms with van der Waals surface area (Å²) in [5.41, 5.74) is 2.85. The van der Waals surface area contributed by atoms with E-state index >= 15 is 0 Å². The zero-order chi connectivity index (χ0) is 22.7. The molecule has 2 heterocycles. The van der Waals surface area contributed by atoms with E-state index in [1.165, 1.54) is 7.05 Å². The van der Waals surface area contributed by atoms with E-state index < -0.39 is 11.8 Å². The molecule has 0 N–H and O–H groups in total. The Morgan fingerprint density at radius 2 is 1.56 bits per heavy atom. The number of benzene rings is 2. The van der Waals surface area contributed by atoms with Gasteiger partial charge in [0.05, 0.1) is 11.4 Å². The lowest BCUT2D eigenvalue weighted by Gasteiger charge is -2.23. The molecule has 0 fully saturated rings. The predicted molar refractivity (Wildman–Crippen MR) is 119 cm³/mol. The van der Waals surface area contributed by atoms with Gasteiger partial charge in [-0.05, 0) is 67.1 Å². The highest BCUT2D eigenvalue weighted by molar-refractivity contribution is 6.19. The maximum Gasteiger partial charge on any atom is 0.271 e. The van der Waals surface area contributed by atoms with Crippen LogP contribution in [0.4, 0.5) is 11.4 Å². The molecule has 0 spiro atoms. The molecule has 1 aromatic heterocycles. The molecule has 0 unspecified atom stereocenters. The third kappa shape index (κ3) is 4.02. The molecule has 4 rings (SSSR count). The van der Waals surface area contributed by atoms with E-state index in [4.69, 9.17) is 4.42 Å². The Bertz CT molecular complexity index is 1320. The van der Waals surface area contributed by atoms with Gasteiger partial charge in [-0.1, -0.05) is 18.2 Å². The maximum atomic E-state index is 12.5. The summed E-state index contributed by atoms with van der Waals surface area (Å²) in [6, 6.07) is 22.3. The molecule has 0 bridgehead atoms. The van der Waals surface area contributed by atoms with Gasteiger partial charge in [0.1, 0.15) is 23.2 Å². The average Bonchev–Trinajstić information content (AvgIpc) is 3.29. The van der Waals surface area contributed by atoms with Gasteiger partial charge in [0, 0.05) is 18.2 Å². The summed E-state index contributed by atoms with van der Waals surface area (Å²) in [5.74, 6) is -0.0248. The first kappa shape index (κ1) is 20.7. The molecule has 0 radical (unpaired) electrons. The Morgan fingerprint density at radius 1 is 0.906 bits per heavy atom. The van der Waals surface area contributed by atoms with Gasteiger partial charge in [0.15, 0.2) is 0 Å². The van der Waals surface area contributed by atoms with E-state index in [1.807, 2.05) is 60.7 Å². The second kappa shape index (κ2) is 8.66. The Hall–Kier alpha value is -4.57. The van der Waals surface area contributed by atoms with Crippen molar-refractivity contribution in [1.29, 1.82) is 5.26 Å². The smallest absolute Gasteiger partial charge is 0.271 e. The van der Waals surface area contributed by atoms with Crippen LogP contribution in [0, 0.1) is 11.3 Å². The number of likely N-dealkylation sites (N-methyl/N-ethyl adjacent to an activating group) is 1. The number of hydrogen-bond acceptors (Lipinski definition) is 6. The number of carbonyl (C=O) groups is 2.